The molecule has 2 aromatic rings. The first kappa shape index (κ1) is 11.0. The summed E-state index contributed by atoms with van der Waals surface area (Å²) in [7, 11) is 0. The number of aryl methyl sites for hydroxylation is 1. The zero-order chi connectivity index (χ0) is 11.0. The lowest BCUT2D eigenvalue weighted by atomic mass is 10.3. The topological polar surface area (TPSA) is 4.93 Å². The highest BCUT2D eigenvalue weighted by Gasteiger charge is 2.07. The average Bonchev–Trinajstić information content (AvgIpc) is 2.44. The van der Waals surface area contributed by atoms with Crippen molar-refractivity contribution in [2.45, 2.75) is 13.8 Å². The van der Waals surface area contributed by atoms with Gasteiger partial charge in [-0.2, -0.15) is 0 Å². The summed E-state index contributed by atoms with van der Waals surface area (Å²) >= 11 is 8.23. The SMILES string of the molecule is Cc1cc(I)c(C)n1-c1ccc(Cl)cc1. The molecule has 0 radical (unpaired) electrons. The maximum absolute atomic E-state index is 5.87. The zero-order valence-electron chi connectivity index (χ0n) is 8.59. The van der Waals surface area contributed by atoms with Gasteiger partial charge in [-0.25, -0.2) is 0 Å². The van der Waals surface area contributed by atoms with Crippen LogP contribution in [0, 0.1) is 17.4 Å². The van der Waals surface area contributed by atoms with Gasteiger partial charge in [0.05, 0.1) is 0 Å². The van der Waals surface area contributed by atoms with Gasteiger partial charge in [-0.05, 0) is 66.8 Å². The molecule has 0 saturated carbocycles. The summed E-state index contributed by atoms with van der Waals surface area (Å²) in [4.78, 5) is 0. The second-order valence-corrected chi connectivity index (χ2v) is 5.13. The Morgan fingerprint density at radius 1 is 1.13 bits per heavy atom. The van der Waals surface area contributed by atoms with Crippen molar-refractivity contribution in [1.82, 2.24) is 4.57 Å². The van der Waals surface area contributed by atoms with E-state index < -0.39 is 0 Å². The fraction of sp³-hybridized carbons (Fsp3) is 0.167. The second kappa shape index (κ2) is 4.18. The van der Waals surface area contributed by atoms with E-state index >= 15 is 0 Å². The Kier molecular flexibility index (Phi) is 3.07. The summed E-state index contributed by atoms with van der Waals surface area (Å²) in [5.74, 6) is 0. The van der Waals surface area contributed by atoms with Gasteiger partial charge in [0.2, 0.25) is 0 Å². The van der Waals surface area contributed by atoms with Crippen molar-refractivity contribution in [1.29, 1.82) is 0 Å². The number of hydrogen-bond donors (Lipinski definition) is 0. The molecule has 1 aromatic carbocycles. The van der Waals surface area contributed by atoms with Gasteiger partial charge in [0, 0.05) is 25.7 Å². The lowest BCUT2D eigenvalue weighted by Crippen LogP contribution is -1.98. The number of nitrogens with zero attached hydrogens (tertiary/aromatic N) is 1. The molecular formula is C12H11ClIN. The van der Waals surface area contributed by atoms with Crippen molar-refractivity contribution in [3.05, 3.63) is 50.3 Å². The molecule has 3 heteroatoms. The third kappa shape index (κ3) is 2.06. The van der Waals surface area contributed by atoms with Gasteiger partial charge >= 0.3 is 0 Å². The lowest BCUT2D eigenvalue weighted by molar-refractivity contribution is 0.963. The van der Waals surface area contributed by atoms with Crippen LogP contribution in [0.25, 0.3) is 5.69 Å². The van der Waals surface area contributed by atoms with E-state index in [-0.39, 0.29) is 0 Å². The molecule has 0 saturated heterocycles. The highest BCUT2D eigenvalue weighted by atomic mass is 127. The van der Waals surface area contributed by atoms with Crippen LogP contribution in [0.2, 0.25) is 5.02 Å². The standard InChI is InChI=1S/C12H11ClIN/c1-8-7-12(14)9(2)15(8)11-5-3-10(13)4-6-11/h3-7H,1-2H3. The van der Waals surface area contributed by atoms with Gasteiger partial charge in [-0.1, -0.05) is 11.6 Å². The van der Waals surface area contributed by atoms with Crippen molar-refractivity contribution >= 4 is 34.2 Å². The molecule has 1 aromatic heterocycles. The first-order valence-corrected chi connectivity index (χ1v) is 6.15. The molecule has 15 heavy (non-hydrogen) atoms. The lowest BCUT2D eigenvalue weighted by Gasteiger charge is -2.09. The molecule has 0 amide bonds. The quantitative estimate of drug-likeness (QED) is 0.685. The molecule has 0 atom stereocenters. The molecule has 0 aliphatic heterocycles. The maximum Gasteiger partial charge on any atom is 0.0456 e. The van der Waals surface area contributed by atoms with Crippen LogP contribution in [0.5, 0.6) is 0 Å². The van der Waals surface area contributed by atoms with E-state index in [1.165, 1.54) is 15.0 Å². The van der Waals surface area contributed by atoms with E-state index in [0.29, 0.717) is 0 Å². The Hall–Kier alpha value is -0.480. The van der Waals surface area contributed by atoms with Crippen molar-refractivity contribution in [3.63, 3.8) is 0 Å². The fourth-order valence-electron chi connectivity index (χ4n) is 1.71. The minimum atomic E-state index is 0.774. The van der Waals surface area contributed by atoms with Gasteiger partial charge in [-0.3, -0.25) is 0 Å². The van der Waals surface area contributed by atoms with Gasteiger partial charge in [-0.15, -0.1) is 0 Å². The van der Waals surface area contributed by atoms with Crippen molar-refractivity contribution < 1.29 is 0 Å². The molecule has 0 unspecified atom stereocenters. The molecule has 1 heterocycles. The zero-order valence-corrected chi connectivity index (χ0v) is 11.5. The Balaban J connectivity index is 2.58. The number of rotatable bonds is 1. The van der Waals surface area contributed by atoms with Crippen LogP contribution in [-0.2, 0) is 0 Å². The third-order valence-electron chi connectivity index (χ3n) is 2.45. The van der Waals surface area contributed by atoms with Crippen LogP contribution in [0.15, 0.2) is 30.3 Å². The molecule has 0 spiro atoms. The summed E-state index contributed by atoms with van der Waals surface area (Å²) in [5.41, 5.74) is 3.69. The van der Waals surface area contributed by atoms with Crippen LogP contribution in [0.1, 0.15) is 11.4 Å². The Morgan fingerprint density at radius 3 is 2.20 bits per heavy atom. The molecular weight excluding hydrogens is 320 g/mol. The van der Waals surface area contributed by atoms with Gasteiger partial charge in [0.25, 0.3) is 0 Å². The number of hydrogen-bond acceptors (Lipinski definition) is 0. The van der Waals surface area contributed by atoms with Crippen LogP contribution >= 0.6 is 34.2 Å². The Morgan fingerprint density at radius 2 is 1.73 bits per heavy atom. The largest absolute Gasteiger partial charge is 0.317 e. The third-order valence-corrected chi connectivity index (χ3v) is 3.80. The summed E-state index contributed by atoms with van der Waals surface area (Å²) in [6, 6.07) is 10.1. The van der Waals surface area contributed by atoms with E-state index in [1.807, 2.05) is 24.3 Å². The van der Waals surface area contributed by atoms with Crippen LogP contribution in [0.4, 0.5) is 0 Å². The van der Waals surface area contributed by atoms with E-state index in [0.717, 1.165) is 10.7 Å². The Labute approximate surface area is 108 Å². The van der Waals surface area contributed by atoms with Crippen molar-refractivity contribution in [3.8, 4) is 5.69 Å². The molecule has 0 N–H and O–H groups in total. The maximum atomic E-state index is 5.87. The van der Waals surface area contributed by atoms with Crippen molar-refractivity contribution in [2.24, 2.45) is 0 Å². The molecule has 0 bridgehead atoms. The molecule has 1 nitrogen and oxygen atoms in total. The average molecular weight is 332 g/mol. The minimum absolute atomic E-state index is 0.774. The van der Waals surface area contributed by atoms with Crippen LogP contribution < -0.4 is 0 Å². The first-order valence-electron chi connectivity index (χ1n) is 4.70. The molecule has 0 aliphatic rings. The van der Waals surface area contributed by atoms with Gasteiger partial charge < -0.3 is 4.57 Å². The van der Waals surface area contributed by atoms with Gasteiger partial charge in [0.15, 0.2) is 0 Å². The smallest absolute Gasteiger partial charge is 0.0456 e. The number of benzene rings is 1. The van der Waals surface area contributed by atoms with E-state index in [4.69, 9.17) is 11.6 Å². The predicted octanol–water partition coefficient (Wildman–Crippen LogP) is 4.35. The molecule has 78 valence electrons. The highest BCUT2D eigenvalue weighted by molar-refractivity contribution is 14.1. The van der Waals surface area contributed by atoms with Crippen molar-refractivity contribution in [2.75, 3.05) is 0 Å². The normalized spacial score (nSPS) is 10.7. The van der Waals surface area contributed by atoms with E-state index in [9.17, 15) is 0 Å². The van der Waals surface area contributed by atoms with E-state index in [1.54, 1.807) is 0 Å². The van der Waals surface area contributed by atoms with Gasteiger partial charge in [0.1, 0.15) is 0 Å². The molecule has 2 rings (SSSR count). The number of aromatic nitrogens is 1. The highest BCUT2D eigenvalue weighted by Crippen LogP contribution is 2.22. The first-order chi connectivity index (χ1) is 7.09. The van der Waals surface area contributed by atoms with Crippen LogP contribution in [0.3, 0.4) is 0 Å². The summed E-state index contributed by atoms with van der Waals surface area (Å²) in [6.07, 6.45) is 0. The summed E-state index contributed by atoms with van der Waals surface area (Å²) in [5, 5.41) is 0.774. The van der Waals surface area contributed by atoms with Crippen LogP contribution in [-0.4, -0.2) is 4.57 Å². The summed E-state index contributed by atoms with van der Waals surface area (Å²) in [6.45, 7) is 4.24. The second-order valence-electron chi connectivity index (χ2n) is 3.53. The van der Waals surface area contributed by atoms with E-state index in [2.05, 4.69) is 47.1 Å². The summed E-state index contributed by atoms with van der Waals surface area (Å²) < 4.78 is 3.53. The predicted molar refractivity (Wildman–Crippen MR) is 73.0 cm³/mol. The minimum Gasteiger partial charge on any atom is -0.317 e. The molecule has 0 fully saturated rings. The monoisotopic (exact) mass is 331 g/mol. The molecule has 0 aliphatic carbocycles. The number of halogens is 2. The fourth-order valence-corrected chi connectivity index (χ4v) is 2.53. The Bertz CT molecular complexity index is 485.